The van der Waals surface area contributed by atoms with Gasteiger partial charge in [0.2, 0.25) is 11.8 Å². The zero-order valence-electron chi connectivity index (χ0n) is 17.5. The van der Waals surface area contributed by atoms with Crippen LogP contribution in [0.1, 0.15) is 33.1 Å². The molecule has 5 heteroatoms. The fourth-order valence-corrected chi connectivity index (χ4v) is 4.19. The Morgan fingerprint density at radius 2 is 2.00 bits per heavy atom. The first-order valence-electron chi connectivity index (χ1n) is 10.3. The third-order valence-electron chi connectivity index (χ3n) is 5.86. The molecule has 0 saturated carbocycles. The topological polar surface area (TPSA) is 60.2 Å². The molecule has 0 amide bonds. The van der Waals surface area contributed by atoms with Crippen molar-refractivity contribution in [1.82, 2.24) is 15.5 Å². The van der Waals surface area contributed by atoms with Crippen molar-refractivity contribution in [2.45, 2.75) is 33.6 Å². The summed E-state index contributed by atoms with van der Waals surface area (Å²) in [4.78, 5) is 0. The standard InChI is InChI=1S/C23H33N3O2/c1-16(2)21-13-19(17(3)12-20(21)15-24-10-11-27-4)14-22-25-26-23(28-22)18-8-6-5-7-9-18/h5-9,12,16,19-21,24H,10-11,13-15H2,1-4H3/t19-,20-,21-/m0/s1. The molecular weight excluding hydrogens is 350 g/mol. The molecule has 1 aliphatic carbocycles. The normalized spacial score (nSPS) is 22.5. The summed E-state index contributed by atoms with van der Waals surface area (Å²) in [7, 11) is 1.74. The van der Waals surface area contributed by atoms with Crippen molar-refractivity contribution in [3.63, 3.8) is 0 Å². The van der Waals surface area contributed by atoms with Gasteiger partial charge in [0.25, 0.3) is 0 Å². The van der Waals surface area contributed by atoms with E-state index >= 15 is 0 Å². The number of nitrogens with zero attached hydrogens (tertiary/aromatic N) is 2. The molecule has 2 aromatic rings. The fourth-order valence-electron chi connectivity index (χ4n) is 4.19. The van der Waals surface area contributed by atoms with Crippen molar-refractivity contribution < 1.29 is 9.15 Å². The van der Waals surface area contributed by atoms with E-state index in [1.54, 1.807) is 7.11 Å². The number of nitrogens with one attached hydrogen (secondary N) is 1. The van der Waals surface area contributed by atoms with E-state index in [4.69, 9.17) is 9.15 Å². The van der Waals surface area contributed by atoms with Crippen LogP contribution in [0.25, 0.3) is 11.5 Å². The van der Waals surface area contributed by atoms with Crippen LogP contribution < -0.4 is 5.32 Å². The van der Waals surface area contributed by atoms with Crippen molar-refractivity contribution >= 4 is 0 Å². The summed E-state index contributed by atoms with van der Waals surface area (Å²) in [6.07, 6.45) is 4.45. The van der Waals surface area contributed by atoms with Gasteiger partial charge in [-0.15, -0.1) is 10.2 Å². The molecule has 1 aromatic heterocycles. The Kier molecular flexibility index (Phi) is 7.40. The number of hydrogen-bond donors (Lipinski definition) is 1. The van der Waals surface area contributed by atoms with Crippen molar-refractivity contribution in [3.05, 3.63) is 47.9 Å². The van der Waals surface area contributed by atoms with Gasteiger partial charge in [0, 0.05) is 32.2 Å². The first-order valence-corrected chi connectivity index (χ1v) is 10.3. The lowest BCUT2D eigenvalue weighted by Gasteiger charge is -2.37. The molecule has 0 fully saturated rings. The van der Waals surface area contributed by atoms with Crippen LogP contribution in [0.4, 0.5) is 0 Å². The summed E-state index contributed by atoms with van der Waals surface area (Å²) in [6.45, 7) is 9.58. The highest BCUT2D eigenvalue weighted by Crippen LogP contribution is 2.38. The second-order valence-corrected chi connectivity index (χ2v) is 8.18. The maximum absolute atomic E-state index is 5.96. The zero-order valence-corrected chi connectivity index (χ0v) is 17.5. The van der Waals surface area contributed by atoms with Crippen molar-refractivity contribution in [1.29, 1.82) is 0 Å². The van der Waals surface area contributed by atoms with Crippen LogP contribution in [0.3, 0.4) is 0 Å². The third kappa shape index (κ3) is 5.30. The van der Waals surface area contributed by atoms with Gasteiger partial charge in [-0.2, -0.15) is 0 Å². The number of rotatable bonds is 9. The van der Waals surface area contributed by atoms with E-state index < -0.39 is 0 Å². The van der Waals surface area contributed by atoms with Gasteiger partial charge < -0.3 is 14.5 Å². The molecule has 1 N–H and O–H groups in total. The number of allylic oxidation sites excluding steroid dienone is 1. The number of aromatic nitrogens is 2. The highest BCUT2D eigenvalue weighted by atomic mass is 16.5. The molecule has 28 heavy (non-hydrogen) atoms. The molecule has 5 nitrogen and oxygen atoms in total. The molecule has 1 aromatic carbocycles. The predicted octanol–water partition coefficient (Wildman–Crippen LogP) is 4.37. The average molecular weight is 384 g/mol. The lowest BCUT2D eigenvalue weighted by atomic mass is 9.70. The quantitative estimate of drug-likeness (QED) is 0.515. The molecule has 0 aliphatic heterocycles. The van der Waals surface area contributed by atoms with Crippen LogP contribution in [-0.4, -0.2) is 37.0 Å². The van der Waals surface area contributed by atoms with Crippen LogP contribution in [0, 0.1) is 23.7 Å². The van der Waals surface area contributed by atoms with E-state index in [-0.39, 0.29) is 0 Å². The van der Waals surface area contributed by atoms with Gasteiger partial charge in [0.1, 0.15) is 0 Å². The van der Waals surface area contributed by atoms with Gasteiger partial charge in [0.05, 0.1) is 6.61 Å². The molecule has 1 heterocycles. The maximum atomic E-state index is 5.96. The second-order valence-electron chi connectivity index (χ2n) is 8.18. The first-order chi connectivity index (χ1) is 13.6. The molecule has 0 spiro atoms. The monoisotopic (exact) mass is 383 g/mol. The van der Waals surface area contributed by atoms with E-state index in [1.165, 1.54) is 12.0 Å². The Bertz CT molecular complexity index is 754. The molecule has 0 saturated heterocycles. The van der Waals surface area contributed by atoms with Crippen LogP contribution >= 0.6 is 0 Å². The van der Waals surface area contributed by atoms with E-state index in [1.807, 2.05) is 30.3 Å². The van der Waals surface area contributed by atoms with Crippen LogP contribution in [0.5, 0.6) is 0 Å². The SMILES string of the molecule is COCCNC[C@@H]1C=C(C)[C@H](Cc2nnc(-c3ccccc3)o2)C[C@H]1C(C)C. The molecule has 0 bridgehead atoms. The fraction of sp³-hybridized carbons (Fsp3) is 0.565. The van der Waals surface area contributed by atoms with Crippen molar-refractivity contribution in [2.24, 2.45) is 23.7 Å². The number of hydrogen-bond acceptors (Lipinski definition) is 5. The minimum atomic E-state index is 0.465. The maximum Gasteiger partial charge on any atom is 0.247 e. The van der Waals surface area contributed by atoms with E-state index in [0.29, 0.717) is 29.6 Å². The highest BCUT2D eigenvalue weighted by molar-refractivity contribution is 5.51. The second kappa shape index (κ2) is 9.99. The zero-order chi connectivity index (χ0) is 19.9. The number of methoxy groups -OCH3 is 1. The highest BCUT2D eigenvalue weighted by Gasteiger charge is 2.32. The molecule has 3 atom stereocenters. The third-order valence-corrected chi connectivity index (χ3v) is 5.86. The Hall–Kier alpha value is -1.98. The summed E-state index contributed by atoms with van der Waals surface area (Å²) in [5, 5.41) is 12.1. The smallest absolute Gasteiger partial charge is 0.247 e. The van der Waals surface area contributed by atoms with E-state index in [2.05, 4.69) is 42.4 Å². The molecule has 152 valence electrons. The van der Waals surface area contributed by atoms with Gasteiger partial charge >= 0.3 is 0 Å². The van der Waals surface area contributed by atoms with Crippen molar-refractivity contribution in [3.8, 4) is 11.5 Å². The van der Waals surface area contributed by atoms with Crippen LogP contribution in [0.15, 0.2) is 46.4 Å². The first kappa shape index (κ1) is 20.7. The summed E-state index contributed by atoms with van der Waals surface area (Å²) in [5.41, 5.74) is 2.41. The lowest BCUT2D eigenvalue weighted by Crippen LogP contribution is -2.35. The largest absolute Gasteiger partial charge is 0.421 e. The molecular formula is C23H33N3O2. The van der Waals surface area contributed by atoms with E-state index in [9.17, 15) is 0 Å². The van der Waals surface area contributed by atoms with Gasteiger partial charge in [0.15, 0.2) is 0 Å². The molecule has 3 rings (SSSR count). The van der Waals surface area contributed by atoms with Gasteiger partial charge in [-0.1, -0.05) is 43.7 Å². The van der Waals surface area contributed by atoms with Crippen LogP contribution in [-0.2, 0) is 11.2 Å². The average Bonchev–Trinajstić information content (AvgIpc) is 3.16. The van der Waals surface area contributed by atoms with E-state index in [0.717, 1.165) is 37.6 Å². The Morgan fingerprint density at radius 3 is 2.71 bits per heavy atom. The minimum absolute atomic E-state index is 0.465. The van der Waals surface area contributed by atoms with Crippen molar-refractivity contribution in [2.75, 3.05) is 26.8 Å². The molecule has 0 unspecified atom stereocenters. The summed E-state index contributed by atoms with van der Waals surface area (Å²) >= 11 is 0. The number of ether oxygens (including phenoxy) is 1. The van der Waals surface area contributed by atoms with Gasteiger partial charge in [-0.3, -0.25) is 0 Å². The molecule has 0 radical (unpaired) electrons. The van der Waals surface area contributed by atoms with Gasteiger partial charge in [-0.05, 0) is 49.1 Å². The lowest BCUT2D eigenvalue weighted by molar-refractivity contribution is 0.188. The number of benzene rings is 1. The Balaban J connectivity index is 1.66. The summed E-state index contributed by atoms with van der Waals surface area (Å²) in [5.74, 6) is 3.66. The summed E-state index contributed by atoms with van der Waals surface area (Å²) in [6, 6.07) is 9.96. The minimum Gasteiger partial charge on any atom is -0.421 e. The predicted molar refractivity (Wildman–Crippen MR) is 112 cm³/mol. The summed E-state index contributed by atoms with van der Waals surface area (Å²) < 4.78 is 11.1. The van der Waals surface area contributed by atoms with Gasteiger partial charge in [-0.25, -0.2) is 0 Å². The molecule has 1 aliphatic rings. The van der Waals surface area contributed by atoms with Crippen LogP contribution in [0.2, 0.25) is 0 Å². The Morgan fingerprint density at radius 1 is 1.21 bits per heavy atom. The Labute approximate surface area is 168 Å².